The maximum absolute atomic E-state index is 16.4. The molecule has 5 amide bonds. The minimum atomic E-state index is -3.06. The average molecular weight is 1110 g/mol. The Labute approximate surface area is 452 Å². The number of halogens is 3. The van der Waals surface area contributed by atoms with Crippen LogP contribution in [0, 0.1) is 11.7 Å². The van der Waals surface area contributed by atoms with Crippen molar-refractivity contribution in [2.45, 2.75) is 163 Å². The third-order valence-corrected chi connectivity index (χ3v) is 20.4. The fraction of sp³-hybridized carbons (Fsp3) is 0.571. The first-order chi connectivity index (χ1) is 36.6. The molecule has 4 N–H and O–H groups in total. The number of amides is 5. The zero-order chi connectivity index (χ0) is 53.5. The second-order valence-corrected chi connectivity index (χ2v) is 25.2. The van der Waals surface area contributed by atoms with Gasteiger partial charge < -0.3 is 24.6 Å². The van der Waals surface area contributed by atoms with E-state index in [0.717, 1.165) is 68.9 Å². The van der Waals surface area contributed by atoms with Gasteiger partial charge in [0.05, 0.1) is 28.3 Å². The van der Waals surface area contributed by atoms with Gasteiger partial charge in [-0.15, -0.1) is 0 Å². The van der Waals surface area contributed by atoms with Gasteiger partial charge in [-0.25, -0.2) is 9.18 Å². The Morgan fingerprint density at radius 2 is 1.55 bits per heavy atom. The van der Waals surface area contributed by atoms with Gasteiger partial charge in [0.2, 0.25) is 29.5 Å². The lowest BCUT2D eigenvalue weighted by atomic mass is 9.55. The predicted molar refractivity (Wildman–Crippen MR) is 288 cm³/mol. The van der Waals surface area contributed by atoms with Crippen LogP contribution in [-0.4, -0.2) is 94.7 Å². The highest BCUT2D eigenvalue weighted by atomic mass is 35.5. The normalized spacial score (nSPS) is 25.8. The van der Waals surface area contributed by atoms with Gasteiger partial charge in [-0.05, 0) is 124 Å². The number of imidazole rings is 1. The predicted octanol–water partition coefficient (Wildman–Crippen LogP) is 9.39. The molecule has 3 aromatic carbocycles. The number of rotatable bonds is 16. The molecule has 6 aliphatic rings. The van der Waals surface area contributed by atoms with Crippen LogP contribution in [0.25, 0.3) is 11.0 Å². The molecule has 4 aromatic rings. The Morgan fingerprint density at radius 1 is 0.829 bits per heavy atom. The number of aryl methyl sites for hydroxylation is 1. The third kappa shape index (κ3) is 9.99. The van der Waals surface area contributed by atoms with Crippen molar-refractivity contribution in [3.63, 3.8) is 0 Å². The molecule has 0 bridgehead atoms. The number of nitrogens with one attached hydrogen (secondary N) is 4. The van der Waals surface area contributed by atoms with E-state index in [1.54, 1.807) is 28.8 Å². The number of likely N-dealkylation sites (tertiary alicyclic amines) is 1. The van der Waals surface area contributed by atoms with E-state index in [1.165, 1.54) is 24.9 Å². The molecule has 10 rings (SSSR count). The SMILES string of the molecule is COP(=O)(CCCCCCCn1c(=O)n(C2CCC(=O)NC2=O)c2ccc(C3CCN(C(=O)C4CCC(NC(=O)[C@@H]5NC6(CCCCC6)[C@@]6(C(=O)Nc7cc(Cl)ccc76)[C@H]5c5cccc(Cl)c5F)CC4)CC3)cc21)OC. The van der Waals surface area contributed by atoms with Gasteiger partial charge in [0.25, 0.3) is 0 Å². The molecule has 2 aliphatic carbocycles. The van der Waals surface area contributed by atoms with Crippen LogP contribution >= 0.6 is 30.8 Å². The van der Waals surface area contributed by atoms with Crippen molar-refractivity contribution in [2.75, 3.05) is 38.8 Å². The minimum Gasteiger partial charge on any atom is -0.352 e. The smallest absolute Gasteiger partial charge is 0.330 e. The standard InChI is InChI=1S/C56H69Cl2FN7O9P/c1-74-76(73,75-2)31-10-5-3-4-9-28-65-45-32-36(16-21-43(45)66(54(65)72)44-22-23-46(67)62-50(44)68)34-24-29-64(30-25-34)52(70)35-14-18-38(19-15-35)60-51(69)49-47(39-12-11-13-41(58)48(39)59)56(55(63-49)26-7-6-8-27-55)40-20-17-37(57)33-42(40)61-53(56)71/h11-13,16-17,20-21,32-35,38,44,47,49,63H,3-10,14-15,18-19,22-31H2,1-2H3,(H,60,69)(H,61,71)(H,62,67,68)/t35?,38?,44?,47-,49+,56+/m0/s1. The average Bonchev–Trinajstić information content (AvgIpc) is 4.19. The van der Waals surface area contributed by atoms with E-state index in [-0.39, 0.29) is 70.6 Å². The van der Waals surface area contributed by atoms with E-state index < -0.39 is 48.3 Å². The molecule has 76 heavy (non-hydrogen) atoms. The molecule has 1 unspecified atom stereocenters. The van der Waals surface area contributed by atoms with Crippen molar-refractivity contribution in [1.82, 2.24) is 30.0 Å². The Hall–Kier alpha value is -4.90. The highest BCUT2D eigenvalue weighted by molar-refractivity contribution is 7.53. The Bertz CT molecular complexity index is 3010. The summed E-state index contributed by atoms with van der Waals surface area (Å²) in [7, 11) is -0.285. The van der Waals surface area contributed by atoms with E-state index in [4.69, 9.17) is 32.2 Å². The number of hydrogen-bond acceptors (Lipinski definition) is 10. The molecular weight excluding hydrogens is 1040 g/mol. The first-order valence-electron chi connectivity index (χ1n) is 27.3. The van der Waals surface area contributed by atoms with Crippen molar-refractivity contribution in [2.24, 2.45) is 5.92 Å². The van der Waals surface area contributed by atoms with Crippen LogP contribution in [0.1, 0.15) is 150 Å². The molecule has 2 saturated carbocycles. The van der Waals surface area contributed by atoms with Crippen LogP contribution in [0.4, 0.5) is 10.1 Å². The quantitative estimate of drug-likeness (QED) is 0.0476. The van der Waals surface area contributed by atoms with Crippen molar-refractivity contribution in [3.8, 4) is 0 Å². The van der Waals surface area contributed by atoms with Gasteiger partial charge in [0, 0.05) is 74.4 Å². The van der Waals surface area contributed by atoms with Crippen molar-refractivity contribution >= 4 is 77.1 Å². The molecule has 16 nitrogen and oxygen atoms in total. The summed E-state index contributed by atoms with van der Waals surface area (Å²) in [6.45, 7) is 1.60. The maximum atomic E-state index is 16.4. The fourth-order valence-electron chi connectivity index (χ4n) is 14.0. The molecule has 2 spiro atoms. The summed E-state index contributed by atoms with van der Waals surface area (Å²) in [5.74, 6) is -2.97. The highest BCUT2D eigenvalue weighted by Gasteiger charge is 2.72. The van der Waals surface area contributed by atoms with Gasteiger partial charge in [-0.2, -0.15) is 0 Å². The van der Waals surface area contributed by atoms with Gasteiger partial charge in [-0.3, -0.25) is 48.3 Å². The lowest BCUT2D eigenvalue weighted by Crippen LogP contribution is -2.60. The number of anilines is 1. The first-order valence-corrected chi connectivity index (χ1v) is 29.8. The number of aromatic nitrogens is 2. The Morgan fingerprint density at radius 3 is 2.28 bits per heavy atom. The van der Waals surface area contributed by atoms with Crippen LogP contribution in [0.2, 0.25) is 10.0 Å². The summed E-state index contributed by atoms with van der Waals surface area (Å²) in [5.41, 5.74) is 1.43. The summed E-state index contributed by atoms with van der Waals surface area (Å²) >= 11 is 12.9. The number of piperidine rings is 2. The molecule has 5 heterocycles. The lowest BCUT2D eigenvalue weighted by Gasteiger charge is -2.47. The van der Waals surface area contributed by atoms with E-state index in [0.29, 0.717) is 92.5 Å². The second kappa shape index (κ2) is 22.5. The number of hydrogen-bond donors (Lipinski definition) is 4. The number of carbonyl (C=O) groups is 5. The molecule has 4 atom stereocenters. The molecule has 408 valence electrons. The van der Waals surface area contributed by atoms with E-state index in [1.807, 2.05) is 23.1 Å². The Kier molecular flexibility index (Phi) is 16.1. The van der Waals surface area contributed by atoms with Crippen LogP contribution in [0.3, 0.4) is 0 Å². The summed E-state index contributed by atoms with van der Waals surface area (Å²) in [6.07, 6.45) is 12.4. The monoisotopic (exact) mass is 1100 g/mol. The second-order valence-electron chi connectivity index (χ2n) is 22.0. The van der Waals surface area contributed by atoms with Crippen molar-refractivity contribution < 1.29 is 42.0 Å². The topological polar surface area (TPSA) is 199 Å². The van der Waals surface area contributed by atoms with E-state index in [9.17, 15) is 33.3 Å². The summed E-state index contributed by atoms with van der Waals surface area (Å²) < 4.78 is 42.3. The molecule has 4 aliphatic heterocycles. The number of fused-ring (bicyclic) bond motifs is 4. The summed E-state index contributed by atoms with van der Waals surface area (Å²) in [6, 6.07) is 14.1. The van der Waals surface area contributed by atoms with Crippen LogP contribution in [0.15, 0.2) is 59.4 Å². The van der Waals surface area contributed by atoms with Gasteiger partial charge in [0.1, 0.15) is 17.3 Å². The third-order valence-electron chi connectivity index (χ3n) is 17.9. The molecule has 5 fully saturated rings. The zero-order valence-electron chi connectivity index (χ0n) is 43.3. The van der Waals surface area contributed by atoms with Crippen LogP contribution in [0.5, 0.6) is 0 Å². The fourth-order valence-corrected chi connectivity index (χ4v) is 15.5. The molecule has 20 heteroatoms. The number of imide groups is 1. The Balaban J connectivity index is 0.790. The van der Waals surface area contributed by atoms with Gasteiger partial charge in [-0.1, -0.05) is 86.0 Å². The molecule has 3 saturated heterocycles. The first kappa shape index (κ1) is 54.5. The number of carbonyl (C=O) groups excluding carboxylic acids is 5. The number of nitrogens with zero attached hydrogens (tertiary/aromatic N) is 3. The minimum absolute atomic E-state index is 0.0842. The van der Waals surface area contributed by atoms with Gasteiger partial charge >= 0.3 is 13.3 Å². The van der Waals surface area contributed by atoms with E-state index in [2.05, 4.69) is 27.3 Å². The summed E-state index contributed by atoms with van der Waals surface area (Å²) in [5, 5.41) is 12.9. The molecule has 1 aromatic heterocycles. The van der Waals surface area contributed by atoms with Gasteiger partial charge in [0.15, 0.2) is 0 Å². The van der Waals surface area contributed by atoms with Crippen LogP contribution in [-0.2, 0) is 49.5 Å². The molecule has 0 radical (unpaired) electrons. The number of unbranched alkanes of at least 4 members (excludes halogenated alkanes) is 4. The maximum Gasteiger partial charge on any atom is 0.330 e. The largest absolute Gasteiger partial charge is 0.352 e. The summed E-state index contributed by atoms with van der Waals surface area (Å²) in [4.78, 5) is 85.2. The number of benzene rings is 3. The van der Waals surface area contributed by atoms with Crippen LogP contribution < -0.4 is 27.0 Å². The highest BCUT2D eigenvalue weighted by Crippen LogP contribution is 2.63. The van der Waals surface area contributed by atoms with Crippen molar-refractivity contribution in [1.29, 1.82) is 0 Å². The van der Waals surface area contributed by atoms with Crippen molar-refractivity contribution in [3.05, 3.63) is 97.6 Å². The lowest BCUT2D eigenvalue weighted by molar-refractivity contribution is -0.138. The molecular formula is C56H69Cl2FN7O9P. The van der Waals surface area contributed by atoms with E-state index >= 15 is 4.39 Å². The zero-order valence-corrected chi connectivity index (χ0v) is 45.7.